The summed E-state index contributed by atoms with van der Waals surface area (Å²) in [5, 5.41) is 11.9. The largest absolute Gasteiger partial charge is 0.478 e. The fraction of sp³-hybridized carbons (Fsp3) is 0.263. The van der Waals surface area contributed by atoms with Crippen molar-refractivity contribution < 1.29 is 17.9 Å². The Morgan fingerprint density at radius 2 is 2.04 bits per heavy atom. The topological polar surface area (TPSA) is 99.5 Å². The number of hydrogen-bond acceptors (Lipinski definition) is 5. The van der Waals surface area contributed by atoms with Crippen molar-refractivity contribution in [2.75, 3.05) is 22.4 Å². The summed E-state index contributed by atoms with van der Waals surface area (Å²) in [6.45, 7) is 0.0887. The molecule has 2 aromatic rings. The van der Waals surface area contributed by atoms with E-state index >= 15 is 0 Å². The molecule has 2 aromatic carbocycles. The highest BCUT2D eigenvalue weighted by Crippen LogP contribution is 2.36. The number of benzene rings is 2. The van der Waals surface area contributed by atoms with Crippen LogP contribution < -0.4 is 14.4 Å². The quantitative estimate of drug-likeness (QED) is 0.821. The summed E-state index contributed by atoms with van der Waals surface area (Å²) in [7, 11) is -3.56. The minimum Gasteiger partial charge on any atom is -0.478 e. The number of nitrogens with zero attached hydrogens (tertiary/aromatic N) is 2. The lowest BCUT2D eigenvalue weighted by Gasteiger charge is -2.21. The Labute approximate surface area is 168 Å². The van der Waals surface area contributed by atoms with Crippen molar-refractivity contribution in [3.63, 3.8) is 0 Å². The molecule has 0 saturated heterocycles. The molecule has 28 heavy (non-hydrogen) atoms. The zero-order valence-electron chi connectivity index (χ0n) is 15.1. The number of hydrogen-bond donors (Lipinski definition) is 1. The van der Waals surface area contributed by atoms with Crippen LogP contribution in [-0.2, 0) is 21.2 Å². The highest BCUT2D eigenvalue weighted by molar-refractivity contribution is 7.92. The van der Waals surface area contributed by atoms with E-state index in [-0.39, 0.29) is 24.6 Å². The molecular weight excluding hydrogens is 402 g/mol. The first-order valence-corrected chi connectivity index (χ1v) is 10.7. The number of carbonyl (C=O) groups excluding carboxylic acids is 1. The van der Waals surface area contributed by atoms with E-state index in [4.69, 9.17) is 21.6 Å². The number of carbonyl (C=O) groups is 1. The second-order valence-electron chi connectivity index (χ2n) is 6.36. The number of halogens is 1. The predicted molar refractivity (Wildman–Crippen MR) is 107 cm³/mol. The van der Waals surface area contributed by atoms with E-state index in [2.05, 4.69) is 11.4 Å². The Hall–Kier alpha value is -2.76. The fourth-order valence-electron chi connectivity index (χ4n) is 2.90. The average molecular weight is 420 g/mol. The van der Waals surface area contributed by atoms with Crippen molar-refractivity contribution in [3.8, 4) is 11.8 Å². The molecule has 1 aliphatic rings. The molecule has 0 aromatic heterocycles. The summed E-state index contributed by atoms with van der Waals surface area (Å²) in [6, 6.07) is 13.6. The lowest BCUT2D eigenvalue weighted by Crippen LogP contribution is -2.35. The lowest BCUT2D eigenvalue weighted by atomic mass is 10.1. The normalized spacial score (nSPS) is 16.3. The van der Waals surface area contributed by atoms with Crippen LogP contribution in [0.2, 0.25) is 5.02 Å². The number of nitrogens with one attached hydrogen (secondary N) is 1. The molecular formula is C19H18ClN3O4S. The van der Waals surface area contributed by atoms with Gasteiger partial charge in [0.25, 0.3) is 5.91 Å². The third-order valence-corrected chi connectivity index (χ3v) is 5.67. The van der Waals surface area contributed by atoms with E-state index in [0.717, 1.165) is 11.8 Å². The molecule has 0 unspecified atom stereocenters. The zero-order chi connectivity index (χ0) is 20.3. The fourth-order valence-corrected chi connectivity index (χ4v) is 4.00. The number of sulfonamides is 1. The maximum Gasteiger partial charge on any atom is 0.265 e. The summed E-state index contributed by atoms with van der Waals surface area (Å²) < 4.78 is 31.3. The molecule has 0 fully saturated rings. The van der Waals surface area contributed by atoms with Crippen molar-refractivity contribution in [2.24, 2.45) is 0 Å². The van der Waals surface area contributed by atoms with Gasteiger partial charge in [-0.15, -0.1) is 0 Å². The SMILES string of the molecule is CS(=O)(=O)N1CC[C@H](C(=O)Nc2ccc(CC#N)cc2)Oc2ccc(Cl)cc21. The highest BCUT2D eigenvalue weighted by atomic mass is 35.5. The molecule has 0 bridgehead atoms. The van der Waals surface area contributed by atoms with Gasteiger partial charge in [0.1, 0.15) is 5.75 Å². The van der Waals surface area contributed by atoms with Crippen LogP contribution in [0, 0.1) is 11.3 Å². The van der Waals surface area contributed by atoms with E-state index in [1.54, 1.807) is 36.4 Å². The van der Waals surface area contributed by atoms with Gasteiger partial charge in [-0.3, -0.25) is 9.10 Å². The third-order valence-electron chi connectivity index (χ3n) is 4.25. The van der Waals surface area contributed by atoms with Crippen LogP contribution in [0.15, 0.2) is 42.5 Å². The molecule has 9 heteroatoms. The molecule has 0 spiro atoms. The van der Waals surface area contributed by atoms with Crippen LogP contribution in [0.5, 0.6) is 5.75 Å². The number of rotatable bonds is 4. The molecule has 1 heterocycles. The van der Waals surface area contributed by atoms with Gasteiger partial charge in [-0.05, 0) is 35.9 Å². The zero-order valence-corrected chi connectivity index (χ0v) is 16.6. The number of amides is 1. The summed E-state index contributed by atoms with van der Waals surface area (Å²) in [5.41, 5.74) is 1.72. The van der Waals surface area contributed by atoms with Gasteiger partial charge in [-0.2, -0.15) is 5.26 Å². The number of anilines is 2. The molecule has 0 aliphatic carbocycles. The summed E-state index contributed by atoms with van der Waals surface area (Å²) in [5.74, 6) is -0.110. The number of ether oxygens (including phenoxy) is 1. The molecule has 0 saturated carbocycles. The maximum absolute atomic E-state index is 12.7. The third kappa shape index (κ3) is 4.55. The van der Waals surface area contributed by atoms with Crippen LogP contribution in [0.4, 0.5) is 11.4 Å². The second-order valence-corrected chi connectivity index (χ2v) is 8.71. The molecule has 1 N–H and O–H groups in total. The van der Waals surface area contributed by atoms with E-state index in [1.807, 2.05) is 0 Å². The van der Waals surface area contributed by atoms with Gasteiger partial charge in [0, 0.05) is 23.7 Å². The van der Waals surface area contributed by atoms with Crippen molar-refractivity contribution in [1.29, 1.82) is 5.26 Å². The van der Waals surface area contributed by atoms with Crippen LogP contribution >= 0.6 is 11.6 Å². The van der Waals surface area contributed by atoms with Gasteiger partial charge < -0.3 is 10.1 Å². The van der Waals surface area contributed by atoms with Gasteiger partial charge in [0.15, 0.2) is 6.10 Å². The second kappa shape index (κ2) is 8.09. The maximum atomic E-state index is 12.7. The Balaban J connectivity index is 1.81. The van der Waals surface area contributed by atoms with Gasteiger partial charge in [0.2, 0.25) is 10.0 Å². The molecule has 7 nitrogen and oxygen atoms in total. The first kappa shape index (κ1) is 20.0. The Kier molecular flexibility index (Phi) is 5.77. The van der Waals surface area contributed by atoms with E-state index in [9.17, 15) is 13.2 Å². The Morgan fingerprint density at radius 3 is 2.68 bits per heavy atom. The van der Waals surface area contributed by atoms with Gasteiger partial charge >= 0.3 is 0 Å². The van der Waals surface area contributed by atoms with Gasteiger partial charge in [0.05, 0.1) is 24.4 Å². The van der Waals surface area contributed by atoms with Crippen molar-refractivity contribution in [3.05, 3.63) is 53.1 Å². The molecule has 1 aliphatic heterocycles. The van der Waals surface area contributed by atoms with Crippen molar-refractivity contribution in [1.82, 2.24) is 0 Å². The van der Waals surface area contributed by atoms with Crippen LogP contribution in [-0.4, -0.2) is 33.2 Å². The number of nitriles is 1. The van der Waals surface area contributed by atoms with E-state index < -0.39 is 16.1 Å². The molecule has 3 rings (SSSR count). The first-order chi connectivity index (χ1) is 13.3. The van der Waals surface area contributed by atoms with Crippen molar-refractivity contribution in [2.45, 2.75) is 18.9 Å². The molecule has 0 radical (unpaired) electrons. The molecule has 1 amide bonds. The summed E-state index contributed by atoms with van der Waals surface area (Å²) in [4.78, 5) is 12.7. The minimum absolute atomic E-state index is 0.0887. The summed E-state index contributed by atoms with van der Waals surface area (Å²) >= 11 is 6.01. The minimum atomic E-state index is -3.56. The number of fused-ring (bicyclic) bond motifs is 1. The lowest BCUT2D eigenvalue weighted by molar-refractivity contribution is -0.122. The van der Waals surface area contributed by atoms with Crippen LogP contribution in [0.3, 0.4) is 0 Å². The van der Waals surface area contributed by atoms with Crippen molar-refractivity contribution >= 4 is 38.9 Å². The monoisotopic (exact) mass is 419 g/mol. The molecule has 1 atom stereocenters. The van der Waals surface area contributed by atoms with E-state index in [0.29, 0.717) is 22.8 Å². The standard InChI is InChI=1S/C19H18ClN3O4S/c1-28(25,26)23-11-9-18(27-17-7-4-14(20)12-16(17)23)19(24)22-15-5-2-13(3-6-15)8-10-21/h2-7,12,18H,8-9,11H2,1H3,(H,22,24)/t18-/m1/s1. The highest BCUT2D eigenvalue weighted by Gasteiger charge is 2.31. The van der Waals surface area contributed by atoms with Gasteiger partial charge in [-0.1, -0.05) is 23.7 Å². The van der Waals surface area contributed by atoms with E-state index in [1.165, 1.54) is 10.4 Å². The van der Waals surface area contributed by atoms with Crippen LogP contribution in [0.1, 0.15) is 12.0 Å². The predicted octanol–water partition coefficient (Wildman–Crippen LogP) is 2.96. The average Bonchev–Trinajstić information content (AvgIpc) is 2.82. The van der Waals surface area contributed by atoms with Gasteiger partial charge in [-0.25, -0.2) is 8.42 Å². The van der Waals surface area contributed by atoms with Crippen LogP contribution in [0.25, 0.3) is 0 Å². The smallest absolute Gasteiger partial charge is 0.265 e. The Bertz CT molecular complexity index is 1030. The summed E-state index contributed by atoms with van der Waals surface area (Å²) in [6.07, 6.45) is 0.699. The first-order valence-electron chi connectivity index (χ1n) is 8.48. The molecule has 146 valence electrons. The Morgan fingerprint density at radius 1 is 1.32 bits per heavy atom.